The maximum Gasteiger partial charge on any atom is 0.167 e. The summed E-state index contributed by atoms with van der Waals surface area (Å²) in [5.74, 6) is 3.54. The molecule has 0 saturated carbocycles. The van der Waals surface area contributed by atoms with Crippen LogP contribution in [0.15, 0.2) is 409 Å². The second-order valence-electron chi connectivity index (χ2n) is 28.5. The zero-order chi connectivity index (χ0) is 75.4. The van der Waals surface area contributed by atoms with Crippen LogP contribution in [0.3, 0.4) is 0 Å². The lowest BCUT2D eigenvalue weighted by molar-refractivity contribution is 0.669. The van der Waals surface area contributed by atoms with Gasteiger partial charge in [0.15, 0.2) is 34.9 Å². The summed E-state index contributed by atoms with van der Waals surface area (Å²) in [5, 5.41) is 15.6. The minimum absolute atomic E-state index is 0.555. The molecule has 4 aromatic heterocycles. The summed E-state index contributed by atoms with van der Waals surface area (Å²) < 4.78 is 14.0. The van der Waals surface area contributed by atoms with Crippen molar-refractivity contribution < 1.29 is 8.83 Å². The van der Waals surface area contributed by atoms with Gasteiger partial charge in [-0.2, -0.15) is 0 Å². The molecule has 534 valence electrons. The first kappa shape index (κ1) is 66.7. The highest BCUT2D eigenvalue weighted by Gasteiger charge is 2.26. The van der Waals surface area contributed by atoms with E-state index in [0.717, 1.165) is 133 Å². The summed E-state index contributed by atoms with van der Waals surface area (Å²) >= 11 is 0. The molecule has 18 aromatic carbocycles. The Labute approximate surface area is 656 Å². The van der Waals surface area contributed by atoms with Crippen molar-refractivity contribution in [2.45, 2.75) is 0 Å². The molecular formula is C104H66N8O2. The third-order valence-electron chi connectivity index (χ3n) is 21.5. The van der Waals surface area contributed by atoms with E-state index in [0.29, 0.717) is 34.9 Å². The number of anilines is 6. The van der Waals surface area contributed by atoms with Gasteiger partial charge in [-0.25, -0.2) is 29.9 Å². The highest BCUT2D eigenvalue weighted by Crippen LogP contribution is 2.48. The maximum absolute atomic E-state index is 7.02. The van der Waals surface area contributed by atoms with E-state index in [4.69, 9.17) is 38.7 Å². The van der Waals surface area contributed by atoms with Crippen molar-refractivity contribution in [3.8, 4) is 79.5 Å². The molecule has 0 amide bonds. The van der Waals surface area contributed by atoms with Crippen LogP contribution in [0.25, 0.3) is 177 Å². The fraction of sp³-hybridized carbons (Fsp3) is 0. The van der Waals surface area contributed by atoms with Crippen LogP contribution in [0, 0.1) is 0 Å². The fourth-order valence-corrected chi connectivity index (χ4v) is 16.0. The van der Waals surface area contributed by atoms with E-state index in [1.54, 1.807) is 0 Å². The number of benzene rings is 18. The average Bonchev–Trinajstić information content (AvgIpc) is 1.52. The van der Waals surface area contributed by atoms with Crippen LogP contribution in [0.5, 0.6) is 0 Å². The van der Waals surface area contributed by atoms with Gasteiger partial charge in [0.25, 0.3) is 0 Å². The summed E-state index contributed by atoms with van der Waals surface area (Å²) in [4.78, 5) is 35.0. The largest absolute Gasteiger partial charge is 0.455 e. The normalized spacial score (nSPS) is 11.5. The second-order valence-corrected chi connectivity index (χ2v) is 28.5. The minimum atomic E-state index is 0.555. The van der Waals surface area contributed by atoms with Crippen LogP contribution < -0.4 is 9.80 Å². The molecule has 0 fully saturated rings. The van der Waals surface area contributed by atoms with Crippen LogP contribution in [0.2, 0.25) is 0 Å². The van der Waals surface area contributed by atoms with Gasteiger partial charge in [-0.3, -0.25) is 0 Å². The number of aromatic nitrogens is 6. The molecule has 0 saturated heterocycles. The Morgan fingerprint density at radius 1 is 0.175 bits per heavy atom. The summed E-state index contributed by atoms with van der Waals surface area (Å²) in [6.07, 6.45) is 0. The molecule has 4 heterocycles. The highest BCUT2D eigenvalue weighted by atomic mass is 16.3. The Balaban J connectivity index is 0.000000143. The van der Waals surface area contributed by atoms with Gasteiger partial charge in [0.2, 0.25) is 0 Å². The maximum atomic E-state index is 7.02. The van der Waals surface area contributed by atoms with Gasteiger partial charge >= 0.3 is 0 Å². The summed E-state index contributed by atoms with van der Waals surface area (Å²) in [6.45, 7) is 0. The van der Waals surface area contributed by atoms with E-state index < -0.39 is 0 Å². The van der Waals surface area contributed by atoms with Crippen LogP contribution >= 0.6 is 0 Å². The van der Waals surface area contributed by atoms with Gasteiger partial charge in [0.05, 0.1) is 11.1 Å². The van der Waals surface area contributed by atoms with E-state index in [-0.39, 0.29) is 0 Å². The first-order valence-electron chi connectivity index (χ1n) is 38.2. The quantitative estimate of drug-likeness (QED) is 0.111. The van der Waals surface area contributed by atoms with Crippen molar-refractivity contribution in [3.63, 3.8) is 0 Å². The molecule has 22 rings (SSSR count). The third-order valence-corrected chi connectivity index (χ3v) is 21.5. The van der Waals surface area contributed by atoms with E-state index in [1.165, 1.54) is 43.4 Å². The molecule has 0 aliphatic carbocycles. The van der Waals surface area contributed by atoms with E-state index in [1.807, 2.05) is 127 Å². The number of rotatable bonds is 13. The highest BCUT2D eigenvalue weighted by molar-refractivity contribution is 6.24. The predicted octanol–water partition coefficient (Wildman–Crippen LogP) is 27.9. The van der Waals surface area contributed by atoms with Gasteiger partial charge in [0, 0.05) is 90.1 Å². The van der Waals surface area contributed by atoms with Gasteiger partial charge in [-0.15, -0.1) is 0 Å². The molecule has 0 unspecified atom stereocenters. The van der Waals surface area contributed by atoms with Crippen molar-refractivity contribution in [3.05, 3.63) is 400 Å². The summed E-state index contributed by atoms with van der Waals surface area (Å²) in [7, 11) is 0. The Kier molecular flexibility index (Phi) is 16.7. The van der Waals surface area contributed by atoms with Crippen molar-refractivity contribution in [2.24, 2.45) is 0 Å². The van der Waals surface area contributed by atoms with E-state index >= 15 is 0 Å². The molecule has 0 aliphatic heterocycles. The number of furan rings is 2. The Bertz CT molecular complexity index is 7230. The zero-order valence-electron chi connectivity index (χ0n) is 61.5. The SMILES string of the molecule is c1ccc(-c2ccc(N(c3ccc4ccccc4c3)c3ccc4c(c3)oc3c(-c5nc(-c6ccccc6)nc(-c6ccccc6)n5)cc5ccccc5c34)cc2)cc1.c1ccc(-c2nc(-c3ccccc3)nc(-c3cc4ccccc4c4c3oc3cc(N(c5ccc6ccccc6c5)c5ccc6ccccc6c5)ccc34)n2)cc1. The first-order chi connectivity index (χ1) is 56.5. The molecule has 0 aliphatic rings. The fourth-order valence-electron chi connectivity index (χ4n) is 16.0. The third kappa shape index (κ3) is 12.4. The molecule has 0 N–H and O–H groups in total. The van der Waals surface area contributed by atoms with Crippen LogP contribution in [-0.2, 0) is 0 Å². The van der Waals surface area contributed by atoms with Gasteiger partial charge in [-0.05, 0) is 150 Å². The summed E-state index contributed by atoms with van der Waals surface area (Å²) in [5.41, 5.74) is 16.9. The molecule has 114 heavy (non-hydrogen) atoms. The average molecular weight is 1460 g/mol. The van der Waals surface area contributed by atoms with E-state index in [2.05, 4.69) is 283 Å². The molecule has 0 atom stereocenters. The smallest absolute Gasteiger partial charge is 0.167 e. The molecular weight excluding hydrogens is 1390 g/mol. The van der Waals surface area contributed by atoms with Crippen LogP contribution in [0.4, 0.5) is 34.1 Å². The number of nitrogens with zero attached hydrogens (tertiary/aromatic N) is 8. The number of hydrogen-bond donors (Lipinski definition) is 0. The van der Waals surface area contributed by atoms with Crippen molar-refractivity contribution >= 4 is 132 Å². The summed E-state index contributed by atoms with van der Waals surface area (Å²) in [6, 6.07) is 139. The molecule has 0 radical (unpaired) electrons. The van der Waals surface area contributed by atoms with Crippen LogP contribution in [0.1, 0.15) is 0 Å². The molecule has 22 aromatic rings. The Morgan fingerprint density at radius 2 is 0.439 bits per heavy atom. The van der Waals surface area contributed by atoms with Crippen LogP contribution in [-0.4, -0.2) is 29.9 Å². The minimum Gasteiger partial charge on any atom is -0.455 e. The van der Waals surface area contributed by atoms with Gasteiger partial charge in [-0.1, -0.05) is 303 Å². The lowest BCUT2D eigenvalue weighted by Gasteiger charge is -2.26. The Morgan fingerprint density at radius 3 is 0.798 bits per heavy atom. The first-order valence-corrected chi connectivity index (χ1v) is 38.2. The number of fused-ring (bicyclic) bond motifs is 13. The van der Waals surface area contributed by atoms with Crippen molar-refractivity contribution in [1.29, 1.82) is 0 Å². The second kappa shape index (κ2) is 28.5. The molecule has 0 spiro atoms. The molecule has 0 bridgehead atoms. The standard InChI is InChI=1S/C53H34N4O.C51H32N4O/c1-4-14-35(15-5-1)37-24-27-42(28-25-37)57(43-29-26-36-16-10-11-21-40(36)32-43)44-30-31-46-48(34-44)58-50-47(33-41-22-12-13-23-45(41)49(46)50)53-55-51(38-17-6-2-7-18-38)54-52(56-53)39-19-8-3-9-20-39;1-3-15-35(16-4-1)49-52-50(36-17-5-2-6-18-36)54-51(53-49)45-31-39-21-11-12-22-43(39)47-44-28-27-42(32-46(44)56-48(45)47)55(40-25-23-33-13-7-9-19-37(33)29-40)41-26-24-34-14-8-10-20-38(34)30-41/h1-34H;1-32H. The van der Waals surface area contributed by atoms with Gasteiger partial charge < -0.3 is 18.6 Å². The molecule has 10 nitrogen and oxygen atoms in total. The van der Waals surface area contributed by atoms with Gasteiger partial charge in [0.1, 0.15) is 22.3 Å². The van der Waals surface area contributed by atoms with E-state index in [9.17, 15) is 0 Å². The topological polar surface area (TPSA) is 110 Å². The Hall–Kier alpha value is -15.5. The molecule has 10 heteroatoms. The van der Waals surface area contributed by atoms with Crippen molar-refractivity contribution in [1.82, 2.24) is 29.9 Å². The predicted molar refractivity (Wildman–Crippen MR) is 469 cm³/mol. The lowest BCUT2D eigenvalue weighted by atomic mass is 9.99. The number of hydrogen-bond acceptors (Lipinski definition) is 10. The monoisotopic (exact) mass is 1460 g/mol. The zero-order valence-corrected chi connectivity index (χ0v) is 61.5. The lowest BCUT2D eigenvalue weighted by Crippen LogP contribution is -2.09. The van der Waals surface area contributed by atoms with Crippen molar-refractivity contribution in [2.75, 3.05) is 9.80 Å².